The predicted molar refractivity (Wildman–Crippen MR) is 113 cm³/mol. The molecule has 2 amide bonds. The number of piperazine rings is 1. The second-order valence-corrected chi connectivity index (χ2v) is 7.50. The van der Waals surface area contributed by atoms with E-state index in [2.05, 4.69) is 32.2 Å². The molecule has 1 saturated heterocycles. The first-order chi connectivity index (χ1) is 13.6. The van der Waals surface area contributed by atoms with Crippen LogP contribution in [0.4, 0.5) is 5.69 Å². The molecule has 0 saturated carbocycles. The third kappa shape index (κ3) is 5.25. The molecule has 1 aliphatic heterocycles. The summed E-state index contributed by atoms with van der Waals surface area (Å²) in [6.07, 6.45) is 0.307. The van der Waals surface area contributed by atoms with Crippen molar-refractivity contribution in [3.8, 4) is 5.75 Å². The maximum atomic E-state index is 12.4. The lowest BCUT2D eigenvalue weighted by Crippen LogP contribution is -2.49. The van der Waals surface area contributed by atoms with Crippen LogP contribution in [0.15, 0.2) is 53.0 Å². The van der Waals surface area contributed by atoms with Gasteiger partial charge < -0.3 is 19.9 Å². The molecule has 6 nitrogen and oxygen atoms in total. The van der Waals surface area contributed by atoms with E-state index >= 15 is 0 Å². The van der Waals surface area contributed by atoms with E-state index in [0.29, 0.717) is 31.6 Å². The number of benzene rings is 2. The Bertz CT molecular complexity index is 818. The number of anilines is 1. The number of halogens is 1. The molecule has 0 aliphatic carbocycles. The van der Waals surface area contributed by atoms with Crippen molar-refractivity contribution in [2.45, 2.75) is 6.42 Å². The molecule has 1 heterocycles. The second-order valence-electron chi connectivity index (χ2n) is 6.58. The minimum atomic E-state index is -0.164. The van der Waals surface area contributed by atoms with Gasteiger partial charge in [0.25, 0.3) is 5.91 Å². The van der Waals surface area contributed by atoms with Gasteiger partial charge in [0.2, 0.25) is 5.91 Å². The molecule has 148 valence electrons. The minimum Gasteiger partial charge on any atom is -0.497 e. The molecule has 0 bridgehead atoms. The molecule has 1 aliphatic rings. The molecule has 2 aromatic carbocycles. The van der Waals surface area contributed by atoms with Gasteiger partial charge in [-0.3, -0.25) is 9.59 Å². The number of rotatable bonds is 6. The van der Waals surface area contributed by atoms with Gasteiger partial charge in [-0.1, -0.05) is 22.0 Å². The van der Waals surface area contributed by atoms with Crippen LogP contribution in [0.5, 0.6) is 5.75 Å². The molecule has 0 spiro atoms. The van der Waals surface area contributed by atoms with Gasteiger partial charge in [0.05, 0.1) is 7.11 Å². The van der Waals surface area contributed by atoms with Crippen molar-refractivity contribution in [1.82, 2.24) is 10.2 Å². The van der Waals surface area contributed by atoms with E-state index in [4.69, 9.17) is 4.74 Å². The van der Waals surface area contributed by atoms with Gasteiger partial charge in [-0.2, -0.15) is 0 Å². The zero-order chi connectivity index (χ0) is 19.9. The van der Waals surface area contributed by atoms with E-state index in [1.807, 2.05) is 35.2 Å². The van der Waals surface area contributed by atoms with Crippen LogP contribution in [-0.4, -0.2) is 56.5 Å². The number of carbonyl (C=O) groups excluding carboxylic acids is 2. The molecule has 0 atom stereocenters. The average molecular weight is 446 g/mol. The summed E-state index contributed by atoms with van der Waals surface area (Å²) < 4.78 is 6.20. The van der Waals surface area contributed by atoms with Crippen molar-refractivity contribution in [3.63, 3.8) is 0 Å². The highest BCUT2D eigenvalue weighted by molar-refractivity contribution is 9.10. The number of hydrogen-bond acceptors (Lipinski definition) is 4. The van der Waals surface area contributed by atoms with E-state index in [0.717, 1.165) is 29.0 Å². The Morgan fingerprint density at radius 3 is 2.46 bits per heavy atom. The smallest absolute Gasteiger partial charge is 0.251 e. The highest BCUT2D eigenvalue weighted by atomic mass is 79.9. The number of nitrogens with zero attached hydrogens (tertiary/aromatic N) is 2. The van der Waals surface area contributed by atoms with Gasteiger partial charge in [0, 0.05) is 60.9 Å². The van der Waals surface area contributed by atoms with Crippen molar-refractivity contribution >= 4 is 33.4 Å². The van der Waals surface area contributed by atoms with E-state index in [9.17, 15) is 9.59 Å². The van der Waals surface area contributed by atoms with Gasteiger partial charge in [0.15, 0.2) is 0 Å². The van der Waals surface area contributed by atoms with Crippen molar-refractivity contribution < 1.29 is 14.3 Å². The summed E-state index contributed by atoms with van der Waals surface area (Å²) in [6, 6.07) is 15.1. The first kappa shape index (κ1) is 20.2. The number of nitrogens with one attached hydrogen (secondary N) is 1. The molecule has 1 fully saturated rings. The van der Waals surface area contributed by atoms with E-state index in [-0.39, 0.29) is 11.8 Å². The normalized spacial score (nSPS) is 13.9. The lowest BCUT2D eigenvalue weighted by Gasteiger charge is -2.36. The Morgan fingerprint density at radius 1 is 1.07 bits per heavy atom. The molecular formula is C21H24BrN3O3. The van der Waals surface area contributed by atoms with Crippen molar-refractivity contribution in [3.05, 3.63) is 58.6 Å². The second kappa shape index (κ2) is 9.59. The van der Waals surface area contributed by atoms with Crippen LogP contribution < -0.4 is 15.0 Å². The monoisotopic (exact) mass is 445 g/mol. The SMILES string of the molecule is COc1cccc(N2CCN(C(=O)CCNC(=O)c3ccc(Br)cc3)CC2)c1. The zero-order valence-electron chi connectivity index (χ0n) is 15.9. The topological polar surface area (TPSA) is 61.9 Å². The Hall–Kier alpha value is -2.54. The third-order valence-corrected chi connectivity index (χ3v) is 5.31. The van der Waals surface area contributed by atoms with Gasteiger partial charge in [-0.05, 0) is 36.4 Å². The molecule has 3 rings (SSSR count). The summed E-state index contributed by atoms with van der Waals surface area (Å²) in [6.45, 7) is 3.26. The Kier molecular flexibility index (Phi) is 6.92. The quantitative estimate of drug-likeness (QED) is 0.742. The fourth-order valence-corrected chi connectivity index (χ4v) is 3.43. The standard InChI is InChI=1S/C21H24BrN3O3/c1-28-19-4-2-3-18(15-19)24-11-13-25(14-12-24)20(26)9-10-23-21(27)16-5-7-17(22)8-6-16/h2-8,15H,9-14H2,1H3,(H,23,27). The maximum absolute atomic E-state index is 12.4. The average Bonchev–Trinajstić information content (AvgIpc) is 2.74. The fraction of sp³-hybridized carbons (Fsp3) is 0.333. The zero-order valence-corrected chi connectivity index (χ0v) is 17.4. The maximum Gasteiger partial charge on any atom is 0.251 e. The summed E-state index contributed by atoms with van der Waals surface area (Å²) in [4.78, 5) is 28.6. The first-order valence-corrected chi connectivity index (χ1v) is 10.1. The first-order valence-electron chi connectivity index (χ1n) is 9.27. The number of carbonyl (C=O) groups is 2. The van der Waals surface area contributed by atoms with Crippen molar-refractivity contribution in [2.75, 3.05) is 44.7 Å². The minimum absolute atomic E-state index is 0.0707. The van der Waals surface area contributed by atoms with Crippen LogP contribution in [0.2, 0.25) is 0 Å². The lowest BCUT2D eigenvalue weighted by atomic mass is 10.2. The van der Waals surface area contributed by atoms with Crippen molar-refractivity contribution in [2.24, 2.45) is 0 Å². The summed E-state index contributed by atoms with van der Waals surface area (Å²) >= 11 is 3.34. The van der Waals surface area contributed by atoms with Gasteiger partial charge in [0.1, 0.15) is 5.75 Å². The predicted octanol–water partition coefficient (Wildman–Crippen LogP) is 2.93. The summed E-state index contributed by atoms with van der Waals surface area (Å²) in [5, 5.41) is 2.81. The van der Waals surface area contributed by atoms with Crippen molar-refractivity contribution in [1.29, 1.82) is 0 Å². The number of ether oxygens (including phenoxy) is 1. The Morgan fingerprint density at radius 2 is 1.79 bits per heavy atom. The Balaban J connectivity index is 1.42. The summed E-state index contributed by atoms with van der Waals surface area (Å²) in [7, 11) is 1.66. The van der Waals surface area contributed by atoms with Crippen LogP contribution in [0, 0.1) is 0 Å². The van der Waals surface area contributed by atoms with Crippen LogP contribution >= 0.6 is 15.9 Å². The van der Waals surface area contributed by atoms with E-state index in [1.165, 1.54) is 0 Å². The van der Waals surface area contributed by atoms with E-state index < -0.39 is 0 Å². The third-order valence-electron chi connectivity index (χ3n) is 4.78. The molecular weight excluding hydrogens is 422 g/mol. The molecule has 0 aromatic heterocycles. The molecule has 0 unspecified atom stereocenters. The molecule has 7 heteroatoms. The number of hydrogen-bond donors (Lipinski definition) is 1. The number of methoxy groups -OCH3 is 1. The van der Waals surface area contributed by atoms with Gasteiger partial charge in [-0.15, -0.1) is 0 Å². The molecule has 1 N–H and O–H groups in total. The lowest BCUT2D eigenvalue weighted by molar-refractivity contribution is -0.131. The molecule has 0 radical (unpaired) electrons. The van der Waals surface area contributed by atoms with Gasteiger partial charge >= 0.3 is 0 Å². The largest absolute Gasteiger partial charge is 0.497 e. The van der Waals surface area contributed by atoms with Crippen LogP contribution in [-0.2, 0) is 4.79 Å². The number of amides is 2. The molecule has 28 heavy (non-hydrogen) atoms. The summed E-state index contributed by atoms with van der Waals surface area (Å²) in [5.74, 6) is 0.738. The van der Waals surface area contributed by atoms with E-state index in [1.54, 1.807) is 19.2 Å². The fourth-order valence-electron chi connectivity index (χ4n) is 3.17. The summed E-state index contributed by atoms with van der Waals surface area (Å²) in [5.41, 5.74) is 1.69. The van der Waals surface area contributed by atoms with Crippen LogP contribution in [0.25, 0.3) is 0 Å². The Labute approximate surface area is 173 Å². The van der Waals surface area contributed by atoms with Gasteiger partial charge in [-0.25, -0.2) is 0 Å². The highest BCUT2D eigenvalue weighted by Crippen LogP contribution is 2.22. The molecule has 2 aromatic rings. The van der Waals surface area contributed by atoms with Crippen LogP contribution in [0.3, 0.4) is 0 Å². The van der Waals surface area contributed by atoms with Crippen LogP contribution in [0.1, 0.15) is 16.8 Å². The highest BCUT2D eigenvalue weighted by Gasteiger charge is 2.21.